The number of aromatic nitrogens is 1. The number of benzene rings is 2. The van der Waals surface area contributed by atoms with Crippen molar-refractivity contribution in [3.63, 3.8) is 0 Å². The Morgan fingerprint density at radius 2 is 1.38 bits per heavy atom. The number of nitrogens with zero attached hydrogens (tertiary/aromatic N) is 1. The summed E-state index contributed by atoms with van der Waals surface area (Å²) in [5.41, 5.74) is 6.83. The Bertz CT molecular complexity index is 853. The number of primary amides is 1. The van der Waals surface area contributed by atoms with Gasteiger partial charge in [-0.1, -0.05) is 80.9 Å². The van der Waals surface area contributed by atoms with Gasteiger partial charge in [0.05, 0.1) is 6.04 Å². The van der Waals surface area contributed by atoms with Gasteiger partial charge in [-0.2, -0.15) is 0 Å². The highest BCUT2D eigenvalue weighted by Crippen LogP contribution is 2.25. The second-order valence-corrected chi connectivity index (χ2v) is 5.93. The van der Waals surface area contributed by atoms with Crippen LogP contribution in [0, 0.1) is 0 Å². The van der Waals surface area contributed by atoms with Crippen molar-refractivity contribution in [3.8, 4) is 0 Å². The van der Waals surface area contributed by atoms with Crippen LogP contribution in [-0.4, -0.2) is 10.5 Å². The van der Waals surface area contributed by atoms with E-state index in [2.05, 4.69) is 13.8 Å². The normalized spacial score (nSPS) is 10.1. The first kappa shape index (κ1) is 19.2. The molecule has 0 radical (unpaired) electrons. The van der Waals surface area contributed by atoms with Crippen molar-refractivity contribution in [3.05, 3.63) is 106 Å². The third kappa shape index (κ3) is 4.48. The molecular formula is C22H26N2O2. The molecule has 0 unspecified atom stereocenters. The van der Waals surface area contributed by atoms with Gasteiger partial charge in [0, 0.05) is 7.62 Å². The van der Waals surface area contributed by atoms with Gasteiger partial charge < -0.3 is 10.3 Å². The molecule has 4 nitrogen and oxygen atoms in total. The van der Waals surface area contributed by atoms with Crippen molar-refractivity contribution in [2.45, 2.75) is 26.3 Å². The van der Waals surface area contributed by atoms with E-state index in [1.807, 2.05) is 60.7 Å². The Labute approximate surface area is 155 Å². The second-order valence-electron chi connectivity index (χ2n) is 5.93. The van der Waals surface area contributed by atoms with Crippen molar-refractivity contribution in [1.82, 2.24) is 4.57 Å². The summed E-state index contributed by atoms with van der Waals surface area (Å²) in [6.45, 7) is 4.25. The van der Waals surface area contributed by atoms with Crippen molar-refractivity contribution in [2.24, 2.45) is 5.73 Å². The van der Waals surface area contributed by atoms with E-state index in [0.29, 0.717) is 0 Å². The van der Waals surface area contributed by atoms with Crippen LogP contribution in [0.1, 0.15) is 49.2 Å². The largest absolute Gasteiger partial charge is 0.365 e. The lowest BCUT2D eigenvalue weighted by atomic mass is 9.98. The van der Waals surface area contributed by atoms with Gasteiger partial charge in [0.1, 0.15) is 5.56 Å². The van der Waals surface area contributed by atoms with E-state index >= 15 is 0 Å². The van der Waals surface area contributed by atoms with E-state index in [1.165, 1.54) is 12.5 Å². The van der Waals surface area contributed by atoms with Crippen molar-refractivity contribution < 1.29 is 6.22 Å². The van der Waals surface area contributed by atoms with Gasteiger partial charge in [-0.25, -0.2) is 0 Å². The zero-order chi connectivity index (χ0) is 18.9. The minimum absolute atomic E-state index is 0. The molecule has 0 aliphatic heterocycles. The maximum atomic E-state index is 12.7. The summed E-state index contributed by atoms with van der Waals surface area (Å²) < 4.78 is 1.55. The molecule has 0 fully saturated rings. The molecule has 1 heterocycles. The van der Waals surface area contributed by atoms with Gasteiger partial charge in [-0.3, -0.25) is 9.59 Å². The van der Waals surface area contributed by atoms with Gasteiger partial charge in [-0.05, 0) is 23.3 Å². The molecule has 3 aromatic rings. The minimum Gasteiger partial charge on any atom is -0.365 e. The van der Waals surface area contributed by atoms with Crippen LogP contribution in [0.15, 0.2) is 83.8 Å². The molecule has 26 heavy (non-hydrogen) atoms. The number of amides is 1. The number of hydrogen-bond acceptors (Lipinski definition) is 2. The van der Waals surface area contributed by atoms with Gasteiger partial charge in [0.15, 0.2) is 0 Å². The number of pyridine rings is 1. The quantitative estimate of drug-likeness (QED) is 0.764. The average Bonchev–Trinajstić information content (AvgIpc) is 2.65. The monoisotopic (exact) mass is 350 g/mol. The van der Waals surface area contributed by atoms with Crippen molar-refractivity contribution in [2.75, 3.05) is 0 Å². The van der Waals surface area contributed by atoms with Crippen LogP contribution in [-0.2, 0) is 0 Å². The van der Waals surface area contributed by atoms with E-state index in [0.717, 1.165) is 11.1 Å². The van der Waals surface area contributed by atoms with Crippen LogP contribution in [0.25, 0.3) is 0 Å². The van der Waals surface area contributed by atoms with Gasteiger partial charge in [0.25, 0.3) is 11.5 Å². The summed E-state index contributed by atoms with van der Waals surface area (Å²) >= 11 is 0. The molecule has 0 aliphatic carbocycles. The van der Waals surface area contributed by atoms with Gasteiger partial charge in [0.2, 0.25) is 0 Å². The lowest BCUT2D eigenvalue weighted by Crippen LogP contribution is -2.32. The summed E-state index contributed by atoms with van der Waals surface area (Å²) in [5.74, 6) is -0.718. The molecule has 0 spiro atoms. The topological polar surface area (TPSA) is 65.1 Å². The number of rotatable bonds is 4. The summed E-state index contributed by atoms with van der Waals surface area (Å²) in [6, 6.07) is 22.2. The minimum atomic E-state index is -0.718. The SMILES string of the molecule is CCC.NC(=O)c1cccn(C(c2ccccc2)c2ccccc2)c1=O.[HH]. The summed E-state index contributed by atoms with van der Waals surface area (Å²) in [4.78, 5) is 24.1. The zero-order valence-electron chi connectivity index (χ0n) is 15.1. The standard InChI is InChI=1S/C19H16N2O2.C3H8.H2/c20-18(22)16-12-7-13-21(19(16)23)17(14-8-3-1-4-9-14)15-10-5-2-6-11-15;1-3-2;/h1-13,17H,(H2,20,22);3H2,1-2H3;1H. The fourth-order valence-corrected chi connectivity index (χ4v) is 2.69. The number of nitrogens with two attached hydrogens (primary N) is 1. The Morgan fingerprint density at radius 1 is 0.923 bits per heavy atom. The fourth-order valence-electron chi connectivity index (χ4n) is 2.69. The number of hydrogen-bond donors (Lipinski definition) is 1. The van der Waals surface area contributed by atoms with E-state index in [4.69, 9.17) is 5.73 Å². The molecule has 0 saturated heterocycles. The summed E-state index contributed by atoms with van der Waals surface area (Å²) in [7, 11) is 0. The molecule has 1 amide bonds. The highest BCUT2D eigenvalue weighted by molar-refractivity contribution is 5.92. The first-order valence-electron chi connectivity index (χ1n) is 8.71. The number of carbonyl (C=O) groups is 1. The molecule has 0 bridgehead atoms. The lowest BCUT2D eigenvalue weighted by molar-refractivity contribution is 0.0998. The van der Waals surface area contributed by atoms with Crippen molar-refractivity contribution >= 4 is 5.91 Å². The molecule has 0 saturated carbocycles. The molecule has 0 aliphatic rings. The van der Waals surface area contributed by atoms with Crippen LogP contribution in [0.4, 0.5) is 0 Å². The molecule has 4 heteroatoms. The fraction of sp³-hybridized carbons (Fsp3) is 0.182. The maximum absolute atomic E-state index is 12.7. The van der Waals surface area contributed by atoms with Crippen LogP contribution < -0.4 is 11.3 Å². The average molecular weight is 350 g/mol. The highest BCUT2D eigenvalue weighted by Gasteiger charge is 2.19. The predicted octanol–water partition coefficient (Wildman–Crippen LogP) is 4.25. The third-order valence-electron chi connectivity index (χ3n) is 3.75. The molecular weight excluding hydrogens is 324 g/mol. The van der Waals surface area contributed by atoms with E-state index in [1.54, 1.807) is 16.8 Å². The summed E-state index contributed by atoms with van der Waals surface area (Å²) in [6.07, 6.45) is 2.93. The molecule has 3 rings (SSSR count). The van der Waals surface area contributed by atoms with E-state index < -0.39 is 11.5 Å². The van der Waals surface area contributed by atoms with Gasteiger partial charge >= 0.3 is 0 Å². The van der Waals surface area contributed by atoms with E-state index in [-0.39, 0.29) is 13.0 Å². The molecule has 1 aromatic heterocycles. The Morgan fingerprint density at radius 3 is 1.81 bits per heavy atom. The Hall–Kier alpha value is -3.14. The first-order valence-corrected chi connectivity index (χ1v) is 8.71. The van der Waals surface area contributed by atoms with E-state index in [9.17, 15) is 9.59 Å². The lowest BCUT2D eigenvalue weighted by Gasteiger charge is -2.21. The second kappa shape index (κ2) is 9.37. The molecule has 2 N–H and O–H groups in total. The summed E-state index contributed by atoms with van der Waals surface area (Å²) in [5, 5.41) is 0. The maximum Gasteiger partial charge on any atom is 0.264 e. The molecule has 136 valence electrons. The Balaban J connectivity index is 0.000000855. The van der Waals surface area contributed by atoms with Crippen LogP contribution in [0.5, 0.6) is 0 Å². The molecule has 2 aromatic carbocycles. The van der Waals surface area contributed by atoms with Gasteiger partial charge in [-0.15, -0.1) is 0 Å². The number of carbonyl (C=O) groups excluding carboxylic acids is 1. The smallest absolute Gasteiger partial charge is 0.264 e. The zero-order valence-corrected chi connectivity index (χ0v) is 15.1. The first-order chi connectivity index (χ1) is 12.6. The highest BCUT2D eigenvalue weighted by atomic mass is 16.2. The predicted molar refractivity (Wildman–Crippen MR) is 107 cm³/mol. The Kier molecular flexibility index (Phi) is 6.92. The molecule has 0 atom stereocenters. The van der Waals surface area contributed by atoms with Crippen LogP contribution in [0.2, 0.25) is 0 Å². The van der Waals surface area contributed by atoms with Crippen LogP contribution in [0.3, 0.4) is 0 Å². The van der Waals surface area contributed by atoms with Crippen molar-refractivity contribution in [1.29, 1.82) is 0 Å². The third-order valence-corrected chi connectivity index (χ3v) is 3.75. The van der Waals surface area contributed by atoms with Crippen LogP contribution >= 0.6 is 0 Å².